The van der Waals surface area contributed by atoms with Gasteiger partial charge in [0.2, 0.25) is 11.6 Å². The predicted molar refractivity (Wildman–Crippen MR) is 108 cm³/mol. The van der Waals surface area contributed by atoms with Gasteiger partial charge in [0.25, 0.3) is 0 Å². The van der Waals surface area contributed by atoms with Crippen molar-refractivity contribution in [2.45, 2.75) is 20.8 Å². The number of carbonyl (C=O) groups excluding carboxylic acids is 1. The summed E-state index contributed by atoms with van der Waals surface area (Å²) < 4.78 is 0. The zero-order chi connectivity index (χ0) is 20.3. The van der Waals surface area contributed by atoms with Crippen LogP contribution in [0.1, 0.15) is 28.4 Å². The third-order valence-electron chi connectivity index (χ3n) is 4.39. The summed E-state index contributed by atoms with van der Waals surface area (Å²) in [5.74, 6) is 0.0190. The average molecular weight is 377 g/mol. The van der Waals surface area contributed by atoms with Crippen LogP contribution in [0.3, 0.4) is 0 Å². The zero-order valence-electron chi connectivity index (χ0n) is 15.7. The fourth-order valence-corrected chi connectivity index (χ4v) is 2.70. The molecule has 0 unspecified atom stereocenters. The molecule has 0 amide bonds. The molecule has 0 radical (unpaired) electrons. The van der Waals surface area contributed by atoms with Crippen LogP contribution in [0, 0.1) is 24.0 Å². The molecule has 0 saturated carbocycles. The molecule has 142 valence electrons. The van der Waals surface area contributed by atoms with Gasteiger partial charge in [0.15, 0.2) is 5.78 Å². The number of nitrogens with one attached hydrogen (secondary N) is 2. The van der Waals surface area contributed by atoms with E-state index in [9.17, 15) is 14.9 Å². The highest BCUT2D eigenvalue weighted by atomic mass is 16.6. The zero-order valence-corrected chi connectivity index (χ0v) is 15.7. The standard InChI is InChI=1S/C20H19N5O3/c1-12-6-4-9-17(13(12)2)24-20-18(25(27)28)19(21-11-22-20)23-16-8-5-7-15(10-16)14(3)26/h4-11H,1-3H3,(H2,21,22,23,24). The van der Waals surface area contributed by atoms with Crippen LogP contribution in [0.5, 0.6) is 0 Å². The lowest BCUT2D eigenvalue weighted by atomic mass is 10.1. The summed E-state index contributed by atoms with van der Waals surface area (Å²) in [6.45, 7) is 5.35. The lowest BCUT2D eigenvalue weighted by Gasteiger charge is -2.13. The van der Waals surface area contributed by atoms with Crippen LogP contribution >= 0.6 is 0 Å². The Hall–Kier alpha value is -3.81. The molecule has 8 heteroatoms. The lowest BCUT2D eigenvalue weighted by molar-refractivity contribution is -0.383. The quantitative estimate of drug-likeness (QED) is 0.364. The minimum Gasteiger partial charge on any atom is -0.334 e. The third-order valence-corrected chi connectivity index (χ3v) is 4.39. The molecule has 3 rings (SSSR count). The first-order valence-electron chi connectivity index (χ1n) is 8.57. The second kappa shape index (κ2) is 7.83. The molecule has 0 fully saturated rings. The van der Waals surface area contributed by atoms with E-state index in [0.717, 1.165) is 16.8 Å². The first kappa shape index (κ1) is 19.0. The molecular formula is C20H19N5O3. The summed E-state index contributed by atoms with van der Waals surface area (Å²) in [6, 6.07) is 12.4. The Bertz CT molecular complexity index is 1070. The molecule has 2 aromatic carbocycles. The van der Waals surface area contributed by atoms with Crippen LogP contribution in [0.15, 0.2) is 48.8 Å². The van der Waals surface area contributed by atoms with E-state index >= 15 is 0 Å². The van der Waals surface area contributed by atoms with Crippen molar-refractivity contribution >= 4 is 34.5 Å². The van der Waals surface area contributed by atoms with Crippen molar-refractivity contribution in [3.05, 3.63) is 75.6 Å². The molecule has 0 spiro atoms. The molecule has 0 saturated heterocycles. The molecule has 1 heterocycles. The average Bonchev–Trinajstić information content (AvgIpc) is 2.65. The lowest BCUT2D eigenvalue weighted by Crippen LogP contribution is -2.06. The van der Waals surface area contributed by atoms with Gasteiger partial charge in [0, 0.05) is 16.9 Å². The topological polar surface area (TPSA) is 110 Å². The van der Waals surface area contributed by atoms with Crippen molar-refractivity contribution in [1.29, 1.82) is 0 Å². The van der Waals surface area contributed by atoms with Gasteiger partial charge in [0.05, 0.1) is 4.92 Å². The van der Waals surface area contributed by atoms with Crippen molar-refractivity contribution in [3.63, 3.8) is 0 Å². The minimum atomic E-state index is -0.537. The number of hydrogen-bond acceptors (Lipinski definition) is 7. The molecule has 3 aromatic rings. The second-order valence-corrected chi connectivity index (χ2v) is 6.31. The number of aromatic nitrogens is 2. The Kier molecular flexibility index (Phi) is 5.30. The molecule has 0 atom stereocenters. The molecule has 0 aliphatic carbocycles. The number of hydrogen-bond donors (Lipinski definition) is 2. The minimum absolute atomic E-state index is 0.0357. The van der Waals surface area contributed by atoms with Gasteiger partial charge in [-0.25, -0.2) is 9.97 Å². The van der Waals surface area contributed by atoms with Crippen molar-refractivity contribution in [3.8, 4) is 0 Å². The number of nitrogens with zero attached hydrogens (tertiary/aromatic N) is 3. The largest absolute Gasteiger partial charge is 0.353 e. The highest BCUT2D eigenvalue weighted by Crippen LogP contribution is 2.34. The van der Waals surface area contributed by atoms with E-state index in [1.165, 1.54) is 13.3 Å². The van der Waals surface area contributed by atoms with Crippen LogP contribution in [-0.4, -0.2) is 20.7 Å². The van der Waals surface area contributed by atoms with Gasteiger partial charge >= 0.3 is 5.69 Å². The van der Waals surface area contributed by atoms with Crippen LogP contribution in [0.25, 0.3) is 0 Å². The molecule has 8 nitrogen and oxygen atoms in total. The maximum absolute atomic E-state index is 11.7. The number of Topliss-reactive ketones (excluding diaryl/α,β-unsaturated/α-hetero) is 1. The Morgan fingerprint density at radius 1 is 1.04 bits per heavy atom. The summed E-state index contributed by atoms with van der Waals surface area (Å²) in [4.78, 5) is 30.9. The highest BCUT2D eigenvalue weighted by molar-refractivity contribution is 5.95. The summed E-state index contributed by atoms with van der Waals surface area (Å²) in [7, 11) is 0. The number of benzene rings is 2. The van der Waals surface area contributed by atoms with Crippen LogP contribution < -0.4 is 10.6 Å². The summed E-state index contributed by atoms with van der Waals surface area (Å²) in [6.07, 6.45) is 1.25. The number of anilines is 4. The fourth-order valence-electron chi connectivity index (χ4n) is 2.70. The first-order valence-corrected chi connectivity index (χ1v) is 8.57. The Balaban J connectivity index is 2.00. The van der Waals surface area contributed by atoms with Crippen LogP contribution in [-0.2, 0) is 0 Å². The Labute approximate surface area is 161 Å². The van der Waals surface area contributed by atoms with Crippen LogP contribution in [0.4, 0.5) is 28.7 Å². The number of carbonyl (C=O) groups is 1. The maximum atomic E-state index is 11.7. The highest BCUT2D eigenvalue weighted by Gasteiger charge is 2.24. The monoisotopic (exact) mass is 377 g/mol. The first-order chi connectivity index (χ1) is 13.4. The van der Waals surface area contributed by atoms with E-state index in [4.69, 9.17) is 0 Å². The number of rotatable bonds is 6. The van der Waals surface area contributed by atoms with E-state index in [1.54, 1.807) is 24.3 Å². The molecule has 0 bridgehead atoms. The number of nitro groups is 1. The maximum Gasteiger partial charge on any atom is 0.353 e. The second-order valence-electron chi connectivity index (χ2n) is 6.31. The number of aryl methyl sites for hydroxylation is 1. The summed E-state index contributed by atoms with van der Waals surface area (Å²) in [5, 5.41) is 17.7. The SMILES string of the molecule is CC(=O)c1cccc(Nc2ncnc(Nc3cccc(C)c3C)c2[N+](=O)[O-])c1. The number of ketones is 1. The molecule has 0 aliphatic rings. The van der Waals surface area contributed by atoms with Gasteiger partial charge in [-0.15, -0.1) is 0 Å². The van der Waals surface area contributed by atoms with Crippen molar-refractivity contribution in [2.75, 3.05) is 10.6 Å². The Morgan fingerprint density at radius 2 is 1.71 bits per heavy atom. The summed E-state index contributed by atoms with van der Waals surface area (Å²) in [5.41, 5.74) is 3.49. The smallest absolute Gasteiger partial charge is 0.334 e. The molecule has 1 aromatic heterocycles. The van der Waals surface area contributed by atoms with Gasteiger partial charge in [-0.2, -0.15) is 0 Å². The molecular weight excluding hydrogens is 358 g/mol. The normalized spacial score (nSPS) is 10.4. The van der Waals surface area contributed by atoms with Gasteiger partial charge in [-0.05, 0) is 50.1 Å². The van der Waals surface area contributed by atoms with E-state index in [2.05, 4.69) is 20.6 Å². The van der Waals surface area contributed by atoms with E-state index in [-0.39, 0.29) is 23.1 Å². The van der Waals surface area contributed by atoms with Gasteiger partial charge in [-0.1, -0.05) is 24.3 Å². The van der Waals surface area contributed by atoms with E-state index < -0.39 is 4.92 Å². The molecule has 0 aliphatic heterocycles. The van der Waals surface area contributed by atoms with Crippen LogP contribution in [0.2, 0.25) is 0 Å². The van der Waals surface area contributed by atoms with Gasteiger partial charge in [0.1, 0.15) is 6.33 Å². The van der Waals surface area contributed by atoms with Crippen molar-refractivity contribution in [2.24, 2.45) is 0 Å². The molecule has 2 N–H and O–H groups in total. The molecule has 28 heavy (non-hydrogen) atoms. The fraction of sp³-hybridized carbons (Fsp3) is 0.150. The van der Waals surface area contributed by atoms with Crippen molar-refractivity contribution < 1.29 is 9.72 Å². The Morgan fingerprint density at radius 3 is 2.39 bits per heavy atom. The van der Waals surface area contributed by atoms with Crippen molar-refractivity contribution in [1.82, 2.24) is 9.97 Å². The summed E-state index contributed by atoms with van der Waals surface area (Å²) >= 11 is 0. The van der Waals surface area contributed by atoms with Gasteiger partial charge < -0.3 is 10.6 Å². The van der Waals surface area contributed by atoms with E-state index in [1.807, 2.05) is 32.0 Å². The van der Waals surface area contributed by atoms with E-state index in [0.29, 0.717) is 11.3 Å². The predicted octanol–water partition coefficient (Wildman–Crippen LogP) is 4.69. The van der Waals surface area contributed by atoms with Gasteiger partial charge in [-0.3, -0.25) is 14.9 Å². The third kappa shape index (κ3) is 3.96.